The molecule has 1 aromatic rings. The van der Waals surface area contributed by atoms with Crippen LogP contribution in [0.2, 0.25) is 0 Å². The number of hydrogen-bond acceptors (Lipinski definition) is 9. The third kappa shape index (κ3) is 7.96. The van der Waals surface area contributed by atoms with Crippen molar-refractivity contribution in [1.82, 2.24) is 9.96 Å². The molecule has 198 valence electrons. The molecule has 0 radical (unpaired) electrons. The summed E-state index contributed by atoms with van der Waals surface area (Å²) in [6.45, 7) is 9.82. The lowest BCUT2D eigenvalue weighted by atomic mass is 10.1. The lowest BCUT2D eigenvalue weighted by molar-refractivity contribution is -0.119. The molecule has 12 nitrogen and oxygen atoms in total. The van der Waals surface area contributed by atoms with E-state index in [-0.39, 0.29) is 48.1 Å². The number of carbonyl (C=O) groups excluding carboxylic acids is 4. The first-order valence-electron chi connectivity index (χ1n) is 10.7. The lowest BCUT2D eigenvalue weighted by Gasteiger charge is -2.23. The molecule has 2 atom stereocenters. The van der Waals surface area contributed by atoms with Crippen LogP contribution in [0.4, 0.5) is 10.5 Å². The van der Waals surface area contributed by atoms with Crippen molar-refractivity contribution in [2.75, 3.05) is 38.7 Å². The number of benzene rings is 1. The van der Waals surface area contributed by atoms with E-state index in [1.807, 2.05) is 0 Å². The Balaban J connectivity index is 2.39. The molecular formula is C24H26N3O9S-. The summed E-state index contributed by atoms with van der Waals surface area (Å²) in [4.78, 5) is 56.7. The number of anilines is 1. The van der Waals surface area contributed by atoms with Gasteiger partial charge in [-0.1, -0.05) is 31.4 Å². The van der Waals surface area contributed by atoms with Gasteiger partial charge < -0.3 is 19.3 Å². The predicted octanol–water partition coefficient (Wildman–Crippen LogP) is 1.93. The summed E-state index contributed by atoms with van der Waals surface area (Å²) in [5, 5.41) is 3.43. The second-order valence-electron chi connectivity index (χ2n) is 7.37. The summed E-state index contributed by atoms with van der Waals surface area (Å²) < 4.78 is 32.9. The first kappa shape index (κ1) is 29.2. The minimum atomic E-state index is -2.68. The Morgan fingerprint density at radius 2 is 1.70 bits per heavy atom. The molecule has 1 aliphatic rings. The number of nitrogens with zero attached hydrogens (tertiary/aromatic N) is 2. The summed E-state index contributed by atoms with van der Waals surface area (Å²) in [6, 6.07) is 2.45. The minimum absolute atomic E-state index is 0.00280. The molecule has 37 heavy (non-hydrogen) atoms. The van der Waals surface area contributed by atoms with Crippen LogP contribution < -0.4 is 5.32 Å². The first-order chi connectivity index (χ1) is 17.6. The standard InChI is InChI=1S/C24H27N3O9S/c1-5-8-34-23(30)17-11-16(22(29)26(4)36-10-7-3)12-18(13-17)25-21(28)20-14-19(37(32)33)15-27(20)24(31)35-9-6-2/h5-7,11-14,20H,1-3,8-10,15H2,4H3,(H,25,28)(H,32,33)/p-1/t20-/m0/s1. The molecule has 0 spiro atoms. The molecule has 3 amide bonds. The van der Waals surface area contributed by atoms with Crippen LogP contribution in [0.25, 0.3) is 0 Å². The molecule has 1 heterocycles. The Labute approximate surface area is 216 Å². The van der Waals surface area contributed by atoms with Gasteiger partial charge in [-0.3, -0.25) is 23.5 Å². The predicted molar refractivity (Wildman–Crippen MR) is 133 cm³/mol. The smallest absolute Gasteiger partial charge is 0.411 e. The number of esters is 1. The van der Waals surface area contributed by atoms with E-state index in [4.69, 9.17) is 14.3 Å². The largest absolute Gasteiger partial charge is 0.769 e. The summed E-state index contributed by atoms with van der Waals surface area (Å²) in [5.41, 5.74) is -0.0887. The van der Waals surface area contributed by atoms with Crippen molar-refractivity contribution in [3.63, 3.8) is 0 Å². The average molecular weight is 533 g/mol. The third-order valence-corrected chi connectivity index (χ3v) is 5.43. The second kappa shape index (κ2) is 13.9. The summed E-state index contributed by atoms with van der Waals surface area (Å²) in [6.07, 6.45) is 4.27. The van der Waals surface area contributed by atoms with Crippen LogP contribution in [0.15, 0.2) is 67.1 Å². The quantitative estimate of drug-likeness (QED) is 0.184. The van der Waals surface area contributed by atoms with Crippen molar-refractivity contribution in [3.05, 3.63) is 78.3 Å². The van der Waals surface area contributed by atoms with Gasteiger partial charge in [0, 0.05) is 23.2 Å². The maximum Gasteiger partial charge on any atom is 0.411 e. The minimum Gasteiger partial charge on any atom is -0.769 e. The van der Waals surface area contributed by atoms with Crippen LogP contribution >= 0.6 is 0 Å². The number of amides is 3. The molecule has 0 aliphatic carbocycles. The van der Waals surface area contributed by atoms with Gasteiger partial charge in [-0.2, -0.15) is 0 Å². The highest BCUT2D eigenvalue weighted by Crippen LogP contribution is 2.23. The monoisotopic (exact) mass is 532 g/mol. The molecule has 2 rings (SSSR count). The van der Waals surface area contributed by atoms with Gasteiger partial charge in [-0.25, -0.2) is 14.7 Å². The first-order valence-corrected chi connectivity index (χ1v) is 11.8. The molecule has 13 heteroatoms. The molecule has 1 N–H and O–H groups in total. The topological polar surface area (TPSA) is 155 Å². The summed E-state index contributed by atoms with van der Waals surface area (Å²) in [7, 11) is 1.35. The maximum atomic E-state index is 13.1. The van der Waals surface area contributed by atoms with Crippen molar-refractivity contribution in [1.29, 1.82) is 0 Å². The molecule has 0 bridgehead atoms. The molecule has 1 unspecified atom stereocenters. The Morgan fingerprint density at radius 1 is 1.08 bits per heavy atom. The summed E-state index contributed by atoms with van der Waals surface area (Å²) >= 11 is -2.68. The SMILES string of the molecule is C=CCOC(=O)c1cc(NC(=O)[C@@H]2C=C(S(=O)[O-])CN2C(=O)OCC=C)cc(C(=O)N(C)OCC=C)c1. The van der Waals surface area contributed by atoms with Gasteiger partial charge in [-0.05, 0) is 35.4 Å². The molecule has 0 aromatic heterocycles. The highest BCUT2D eigenvalue weighted by molar-refractivity contribution is 7.83. The van der Waals surface area contributed by atoms with Gasteiger partial charge in [0.25, 0.3) is 11.8 Å². The van der Waals surface area contributed by atoms with Crippen LogP contribution in [-0.2, 0) is 30.2 Å². The van der Waals surface area contributed by atoms with Crippen LogP contribution in [0.5, 0.6) is 0 Å². The number of ether oxygens (including phenoxy) is 2. The molecule has 1 aliphatic heterocycles. The van der Waals surface area contributed by atoms with Crippen LogP contribution in [0, 0.1) is 0 Å². The zero-order valence-electron chi connectivity index (χ0n) is 20.0. The van der Waals surface area contributed by atoms with Crippen molar-refractivity contribution >= 4 is 40.6 Å². The van der Waals surface area contributed by atoms with Crippen molar-refractivity contribution in [2.45, 2.75) is 6.04 Å². The zero-order valence-corrected chi connectivity index (χ0v) is 20.9. The summed E-state index contributed by atoms with van der Waals surface area (Å²) in [5.74, 6) is -2.25. The van der Waals surface area contributed by atoms with Gasteiger partial charge in [-0.15, -0.1) is 6.58 Å². The molecular weight excluding hydrogens is 506 g/mol. The number of hydrogen-bond donors (Lipinski definition) is 1. The van der Waals surface area contributed by atoms with Crippen LogP contribution in [0.3, 0.4) is 0 Å². The number of nitrogens with one attached hydrogen (secondary N) is 1. The Hall–Kier alpha value is -4.07. The molecule has 0 saturated heterocycles. The van der Waals surface area contributed by atoms with Crippen LogP contribution in [-0.4, -0.2) is 82.1 Å². The number of hydroxylamine groups is 2. The van der Waals surface area contributed by atoms with Gasteiger partial charge in [0.2, 0.25) is 0 Å². The Kier molecular flexibility index (Phi) is 10.9. The fourth-order valence-electron chi connectivity index (χ4n) is 3.08. The highest BCUT2D eigenvalue weighted by Gasteiger charge is 2.35. The van der Waals surface area contributed by atoms with Gasteiger partial charge in [0.1, 0.15) is 19.3 Å². The number of carbonyl (C=O) groups is 4. The van der Waals surface area contributed by atoms with E-state index < -0.39 is 41.0 Å². The molecule has 0 saturated carbocycles. The van der Waals surface area contributed by atoms with E-state index in [2.05, 4.69) is 25.1 Å². The highest BCUT2D eigenvalue weighted by atomic mass is 32.2. The van der Waals surface area contributed by atoms with E-state index in [9.17, 15) is 27.9 Å². The fraction of sp³-hybridized carbons (Fsp3) is 0.250. The van der Waals surface area contributed by atoms with E-state index in [1.54, 1.807) is 0 Å². The second-order valence-corrected chi connectivity index (χ2v) is 8.36. The van der Waals surface area contributed by atoms with E-state index in [0.717, 1.165) is 16.0 Å². The zero-order chi connectivity index (χ0) is 27.5. The van der Waals surface area contributed by atoms with Crippen LogP contribution in [0.1, 0.15) is 20.7 Å². The van der Waals surface area contributed by atoms with Gasteiger partial charge >= 0.3 is 12.1 Å². The Bertz CT molecular complexity index is 1150. The Morgan fingerprint density at radius 3 is 2.32 bits per heavy atom. The van der Waals surface area contributed by atoms with E-state index >= 15 is 0 Å². The van der Waals surface area contributed by atoms with Gasteiger partial charge in [0.15, 0.2) is 0 Å². The average Bonchev–Trinajstić information content (AvgIpc) is 3.34. The third-order valence-electron chi connectivity index (χ3n) is 4.74. The van der Waals surface area contributed by atoms with Gasteiger partial charge in [0.05, 0.1) is 18.7 Å². The lowest BCUT2D eigenvalue weighted by Crippen LogP contribution is -2.44. The van der Waals surface area contributed by atoms with Crippen molar-refractivity contribution in [2.24, 2.45) is 0 Å². The maximum absolute atomic E-state index is 13.1. The molecule has 0 fully saturated rings. The van der Waals surface area contributed by atoms with E-state index in [0.29, 0.717) is 0 Å². The van der Waals surface area contributed by atoms with E-state index in [1.165, 1.54) is 43.5 Å². The fourth-order valence-corrected chi connectivity index (χ4v) is 3.57. The van der Waals surface area contributed by atoms with Crippen molar-refractivity contribution < 1.29 is 42.3 Å². The number of rotatable bonds is 12. The normalized spacial score (nSPS) is 15.1. The molecule has 1 aromatic carbocycles. The van der Waals surface area contributed by atoms with Crippen molar-refractivity contribution in [3.8, 4) is 0 Å².